The zero-order valence-corrected chi connectivity index (χ0v) is 14.5. The van der Waals surface area contributed by atoms with Gasteiger partial charge in [0.15, 0.2) is 0 Å². The number of rotatable bonds is 8. The van der Waals surface area contributed by atoms with Gasteiger partial charge in [0.25, 0.3) is 5.91 Å². The molecule has 2 N–H and O–H groups in total. The molecular weight excluding hydrogens is 341 g/mol. The number of hydrogen-bond acceptors (Lipinski definition) is 4. The van der Waals surface area contributed by atoms with Crippen LogP contribution in [0.5, 0.6) is 5.75 Å². The van der Waals surface area contributed by atoms with Crippen molar-refractivity contribution in [2.75, 3.05) is 20.8 Å². The summed E-state index contributed by atoms with van der Waals surface area (Å²) in [6.07, 6.45) is 0.0864. The summed E-state index contributed by atoms with van der Waals surface area (Å²) < 4.78 is 24.3. The van der Waals surface area contributed by atoms with Crippen LogP contribution < -0.4 is 10.1 Å². The van der Waals surface area contributed by atoms with E-state index in [4.69, 9.17) is 14.6 Å². The second-order valence-electron chi connectivity index (χ2n) is 5.57. The fraction of sp³-hybridized carbons (Fsp3) is 0.263. The van der Waals surface area contributed by atoms with Crippen LogP contribution in [0.1, 0.15) is 16.8 Å². The number of nitrogens with one attached hydrogen (secondary N) is 1. The van der Waals surface area contributed by atoms with Crippen molar-refractivity contribution in [3.05, 3.63) is 53.8 Å². The number of hydrogen-bond donors (Lipinski definition) is 2. The Balaban J connectivity index is 2.17. The van der Waals surface area contributed by atoms with Crippen LogP contribution in [-0.4, -0.2) is 43.9 Å². The van der Waals surface area contributed by atoms with Gasteiger partial charge in [0, 0.05) is 20.1 Å². The second-order valence-corrected chi connectivity index (χ2v) is 5.57. The van der Waals surface area contributed by atoms with Crippen molar-refractivity contribution in [2.24, 2.45) is 0 Å². The van der Waals surface area contributed by atoms with Gasteiger partial charge in [0.2, 0.25) is 0 Å². The van der Waals surface area contributed by atoms with Gasteiger partial charge in [0.05, 0.1) is 12.7 Å². The van der Waals surface area contributed by atoms with E-state index in [2.05, 4.69) is 5.32 Å². The summed E-state index contributed by atoms with van der Waals surface area (Å²) in [5, 5.41) is 11.4. The minimum Gasteiger partial charge on any atom is -0.497 e. The lowest BCUT2D eigenvalue weighted by molar-refractivity contribution is -0.139. The van der Waals surface area contributed by atoms with E-state index in [1.54, 1.807) is 37.4 Å². The van der Waals surface area contributed by atoms with Crippen LogP contribution in [0.15, 0.2) is 42.5 Å². The smallest absolute Gasteiger partial charge is 0.326 e. The molecule has 0 aliphatic rings. The molecule has 6 nitrogen and oxygen atoms in total. The maximum Gasteiger partial charge on any atom is 0.326 e. The fourth-order valence-corrected chi connectivity index (χ4v) is 2.39. The monoisotopic (exact) mass is 361 g/mol. The normalized spacial score (nSPS) is 11.7. The van der Waals surface area contributed by atoms with Gasteiger partial charge in [-0.2, -0.15) is 0 Å². The molecule has 0 aliphatic heterocycles. The van der Waals surface area contributed by atoms with Crippen molar-refractivity contribution in [1.29, 1.82) is 0 Å². The van der Waals surface area contributed by atoms with Crippen LogP contribution in [0.3, 0.4) is 0 Å². The molecule has 0 heterocycles. The Kier molecular flexibility index (Phi) is 6.68. The third-order valence-corrected chi connectivity index (χ3v) is 3.85. The lowest BCUT2D eigenvalue weighted by Crippen LogP contribution is -2.41. The molecule has 26 heavy (non-hydrogen) atoms. The average molecular weight is 361 g/mol. The number of carbonyl (C=O) groups excluding carboxylic acids is 1. The van der Waals surface area contributed by atoms with E-state index in [-0.39, 0.29) is 18.6 Å². The maximum atomic E-state index is 14.4. The van der Waals surface area contributed by atoms with Crippen molar-refractivity contribution >= 4 is 11.9 Å². The molecule has 2 aromatic carbocycles. The Morgan fingerprint density at radius 2 is 1.77 bits per heavy atom. The van der Waals surface area contributed by atoms with Gasteiger partial charge in [0.1, 0.15) is 17.6 Å². The fourth-order valence-electron chi connectivity index (χ4n) is 2.39. The number of methoxy groups -OCH3 is 2. The molecular formula is C19H20FNO5. The SMILES string of the molecule is COCCC(NC(=O)c1ccc(-c2ccc(OC)cc2)cc1F)C(=O)O. The van der Waals surface area contributed by atoms with Crippen molar-refractivity contribution < 1.29 is 28.6 Å². The highest BCUT2D eigenvalue weighted by atomic mass is 19.1. The lowest BCUT2D eigenvalue weighted by atomic mass is 10.0. The van der Waals surface area contributed by atoms with Gasteiger partial charge in [-0.25, -0.2) is 9.18 Å². The summed E-state index contributed by atoms with van der Waals surface area (Å²) in [6, 6.07) is 10.1. The summed E-state index contributed by atoms with van der Waals surface area (Å²) in [6.45, 7) is 0.163. The summed E-state index contributed by atoms with van der Waals surface area (Å²) in [5.74, 6) is -2.04. The Hall–Kier alpha value is -2.93. The molecule has 1 amide bonds. The van der Waals surface area contributed by atoms with Crippen molar-refractivity contribution in [1.82, 2.24) is 5.32 Å². The molecule has 1 unspecified atom stereocenters. The van der Waals surface area contributed by atoms with E-state index in [9.17, 15) is 14.0 Å². The van der Waals surface area contributed by atoms with Gasteiger partial charge in [-0.1, -0.05) is 18.2 Å². The number of halogens is 1. The Bertz CT molecular complexity index is 776. The van der Waals surface area contributed by atoms with Crippen LogP contribution in [0.25, 0.3) is 11.1 Å². The van der Waals surface area contributed by atoms with Crippen LogP contribution in [0.2, 0.25) is 0 Å². The standard InChI is InChI=1S/C19H20FNO5/c1-25-10-9-17(19(23)24)21-18(22)15-8-5-13(11-16(15)20)12-3-6-14(26-2)7-4-12/h3-8,11,17H,9-10H2,1-2H3,(H,21,22)(H,23,24). The van der Waals surface area contributed by atoms with Gasteiger partial charge < -0.3 is 19.9 Å². The van der Waals surface area contributed by atoms with Crippen molar-refractivity contribution in [3.63, 3.8) is 0 Å². The second kappa shape index (κ2) is 8.96. The molecule has 0 saturated carbocycles. The Morgan fingerprint density at radius 3 is 2.31 bits per heavy atom. The van der Waals surface area contributed by atoms with E-state index < -0.39 is 23.7 Å². The summed E-state index contributed by atoms with van der Waals surface area (Å²) in [7, 11) is 2.98. The molecule has 2 rings (SSSR count). The first-order chi connectivity index (χ1) is 12.5. The molecule has 0 spiro atoms. The predicted octanol–water partition coefficient (Wildman–Crippen LogP) is 2.72. The first-order valence-corrected chi connectivity index (χ1v) is 7.93. The zero-order valence-electron chi connectivity index (χ0n) is 14.5. The predicted molar refractivity (Wildman–Crippen MR) is 93.8 cm³/mol. The molecule has 0 radical (unpaired) electrons. The highest BCUT2D eigenvalue weighted by molar-refractivity contribution is 5.97. The minimum absolute atomic E-state index is 0.0864. The largest absolute Gasteiger partial charge is 0.497 e. The third-order valence-electron chi connectivity index (χ3n) is 3.85. The van der Waals surface area contributed by atoms with E-state index in [1.807, 2.05) is 0 Å². The molecule has 2 aromatic rings. The molecule has 0 bridgehead atoms. The third kappa shape index (κ3) is 4.80. The van der Waals surface area contributed by atoms with Gasteiger partial charge in [-0.15, -0.1) is 0 Å². The van der Waals surface area contributed by atoms with Gasteiger partial charge in [-0.05, 0) is 35.4 Å². The number of carbonyl (C=O) groups is 2. The average Bonchev–Trinajstić information content (AvgIpc) is 2.64. The Labute approximate surface area is 150 Å². The number of aliphatic carboxylic acids is 1. The molecule has 0 fully saturated rings. The lowest BCUT2D eigenvalue weighted by Gasteiger charge is -2.14. The molecule has 0 saturated heterocycles. The van der Waals surface area contributed by atoms with E-state index in [0.29, 0.717) is 11.3 Å². The van der Waals surface area contributed by atoms with Crippen LogP contribution in [0.4, 0.5) is 4.39 Å². The quantitative estimate of drug-likeness (QED) is 0.755. The summed E-state index contributed by atoms with van der Waals surface area (Å²) in [4.78, 5) is 23.4. The minimum atomic E-state index is -1.20. The van der Waals surface area contributed by atoms with E-state index in [1.165, 1.54) is 19.2 Å². The molecule has 0 aromatic heterocycles. The highest BCUT2D eigenvalue weighted by Gasteiger charge is 2.22. The topological polar surface area (TPSA) is 84.9 Å². The van der Waals surface area contributed by atoms with Crippen molar-refractivity contribution in [2.45, 2.75) is 12.5 Å². The van der Waals surface area contributed by atoms with Crippen LogP contribution in [0, 0.1) is 5.82 Å². The summed E-state index contributed by atoms with van der Waals surface area (Å²) in [5.41, 5.74) is 1.14. The molecule has 1 atom stereocenters. The maximum absolute atomic E-state index is 14.4. The zero-order chi connectivity index (χ0) is 19.1. The van der Waals surface area contributed by atoms with Crippen molar-refractivity contribution in [3.8, 4) is 16.9 Å². The first kappa shape index (κ1) is 19.4. The number of amides is 1. The van der Waals surface area contributed by atoms with Gasteiger partial charge >= 0.3 is 5.97 Å². The van der Waals surface area contributed by atoms with Gasteiger partial charge in [-0.3, -0.25) is 4.79 Å². The molecule has 0 aliphatic carbocycles. The van der Waals surface area contributed by atoms with E-state index in [0.717, 1.165) is 5.56 Å². The van der Waals surface area contributed by atoms with Crippen LogP contribution in [-0.2, 0) is 9.53 Å². The Morgan fingerprint density at radius 1 is 1.12 bits per heavy atom. The van der Waals surface area contributed by atoms with Crippen LogP contribution >= 0.6 is 0 Å². The molecule has 138 valence electrons. The number of benzene rings is 2. The highest BCUT2D eigenvalue weighted by Crippen LogP contribution is 2.24. The number of carboxylic acid groups (broad SMARTS) is 1. The van der Waals surface area contributed by atoms with E-state index >= 15 is 0 Å². The summed E-state index contributed by atoms with van der Waals surface area (Å²) >= 11 is 0. The number of ether oxygens (including phenoxy) is 2. The number of carboxylic acids is 1. The first-order valence-electron chi connectivity index (χ1n) is 7.93. The molecule has 7 heteroatoms.